The number of hydrogen-bond donors (Lipinski definition) is 2. The number of aromatic amines is 1. The first-order valence-corrected chi connectivity index (χ1v) is 10.4. The van der Waals surface area contributed by atoms with E-state index in [1.54, 1.807) is 0 Å². The molecule has 0 aliphatic heterocycles. The van der Waals surface area contributed by atoms with Crippen molar-refractivity contribution >= 4 is 17.0 Å². The first-order chi connectivity index (χ1) is 14.3. The lowest BCUT2D eigenvalue weighted by atomic mass is 9.94. The van der Waals surface area contributed by atoms with Crippen LogP contribution in [0.5, 0.6) is 0 Å². The van der Waals surface area contributed by atoms with E-state index < -0.39 is 5.76 Å². The zero-order chi connectivity index (χ0) is 21.5. The zero-order valence-electron chi connectivity index (χ0n) is 17.9. The van der Waals surface area contributed by atoms with Crippen molar-refractivity contribution in [2.45, 2.75) is 31.7 Å². The van der Waals surface area contributed by atoms with Gasteiger partial charge in [0.05, 0.1) is 11.4 Å². The molecule has 3 aromatic rings. The van der Waals surface area contributed by atoms with Gasteiger partial charge >= 0.3 is 5.76 Å². The van der Waals surface area contributed by atoms with Crippen LogP contribution in [0.25, 0.3) is 11.1 Å². The van der Waals surface area contributed by atoms with Crippen LogP contribution >= 0.6 is 0 Å². The molecule has 1 aliphatic carbocycles. The van der Waals surface area contributed by atoms with Crippen molar-refractivity contribution in [3.63, 3.8) is 0 Å². The fraction of sp³-hybridized carbons (Fsp3) is 0.417. The van der Waals surface area contributed by atoms with Crippen molar-refractivity contribution in [1.82, 2.24) is 15.2 Å². The summed E-state index contributed by atoms with van der Waals surface area (Å²) >= 11 is 0. The van der Waals surface area contributed by atoms with E-state index in [0.29, 0.717) is 23.6 Å². The molecule has 0 saturated heterocycles. The van der Waals surface area contributed by atoms with E-state index in [1.807, 2.05) is 50.5 Å². The third kappa shape index (κ3) is 3.67. The number of carbonyl (C=O) groups excluding carboxylic acids is 1. The third-order valence-electron chi connectivity index (χ3n) is 6.86. The maximum atomic E-state index is 13.0. The molecule has 2 N–H and O–H groups in total. The van der Waals surface area contributed by atoms with Gasteiger partial charge in [0, 0.05) is 18.0 Å². The number of hydrogen-bond acceptors (Lipinski definition) is 4. The van der Waals surface area contributed by atoms with Crippen LogP contribution in [0, 0.1) is 11.8 Å². The van der Waals surface area contributed by atoms with Gasteiger partial charge in [0.1, 0.15) is 0 Å². The highest BCUT2D eigenvalue weighted by Gasteiger charge is 2.62. The van der Waals surface area contributed by atoms with Gasteiger partial charge in [-0.15, -0.1) is 0 Å². The molecule has 1 unspecified atom stereocenters. The summed E-state index contributed by atoms with van der Waals surface area (Å²) in [5.74, 6) is -0.0174. The van der Waals surface area contributed by atoms with Crippen molar-refractivity contribution < 1.29 is 9.21 Å². The molecule has 6 heteroatoms. The van der Waals surface area contributed by atoms with Gasteiger partial charge in [-0.3, -0.25) is 9.78 Å². The molecule has 1 amide bonds. The largest absolute Gasteiger partial charge is 0.417 e. The lowest BCUT2D eigenvalue weighted by molar-refractivity contribution is -0.123. The molecule has 1 heterocycles. The molecule has 6 nitrogen and oxygen atoms in total. The fourth-order valence-electron chi connectivity index (χ4n) is 4.62. The van der Waals surface area contributed by atoms with Crippen LogP contribution in [0.2, 0.25) is 0 Å². The van der Waals surface area contributed by atoms with Crippen LogP contribution in [0.4, 0.5) is 0 Å². The molecule has 1 saturated carbocycles. The van der Waals surface area contributed by atoms with Crippen LogP contribution in [-0.4, -0.2) is 42.5 Å². The van der Waals surface area contributed by atoms with E-state index in [1.165, 1.54) is 5.56 Å². The Bertz CT molecular complexity index is 1100. The highest BCUT2D eigenvalue weighted by molar-refractivity contribution is 5.85. The van der Waals surface area contributed by atoms with Crippen LogP contribution in [0.1, 0.15) is 25.0 Å². The second-order valence-corrected chi connectivity index (χ2v) is 8.83. The van der Waals surface area contributed by atoms with Crippen LogP contribution in [0.15, 0.2) is 57.7 Å². The smallest absolute Gasteiger partial charge is 0.408 e. The summed E-state index contributed by atoms with van der Waals surface area (Å²) in [6, 6.07) is 16.2. The molecule has 2 aromatic carbocycles. The maximum Gasteiger partial charge on any atom is 0.417 e. The van der Waals surface area contributed by atoms with Crippen molar-refractivity contribution in [1.29, 1.82) is 0 Å². The standard InChI is InChI=1S/C24H29N3O3/c1-15-21(24(15,2)17-8-6-5-7-9-17)22(28)25-14-18(27(3)4)12-16-10-11-19-20(13-16)30-23(29)26-19/h5-11,13,15,18,21H,12,14H2,1-4H3,(H,25,28)(H,26,29)/t15-,18-,21?,24-/m0/s1. The lowest BCUT2D eigenvalue weighted by Gasteiger charge is -2.25. The van der Waals surface area contributed by atoms with E-state index >= 15 is 0 Å². The number of carbonyl (C=O) groups is 1. The number of amides is 1. The van der Waals surface area contributed by atoms with Gasteiger partial charge in [0.2, 0.25) is 5.91 Å². The molecular weight excluding hydrogens is 378 g/mol. The first-order valence-electron chi connectivity index (χ1n) is 10.4. The summed E-state index contributed by atoms with van der Waals surface area (Å²) in [7, 11) is 4.03. The number of oxazole rings is 1. The molecule has 158 valence electrons. The Morgan fingerprint density at radius 2 is 1.97 bits per heavy atom. The van der Waals surface area contributed by atoms with Gasteiger partial charge in [-0.05, 0) is 49.7 Å². The first kappa shape index (κ1) is 20.4. The molecule has 4 rings (SSSR count). The maximum absolute atomic E-state index is 13.0. The summed E-state index contributed by atoms with van der Waals surface area (Å²) < 4.78 is 5.17. The quantitative estimate of drug-likeness (QED) is 0.631. The molecule has 0 radical (unpaired) electrons. The Hall–Kier alpha value is -2.86. The van der Waals surface area contributed by atoms with Crippen molar-refractivity contribution in [2.24, 2.45) is 11.8 Å². The van der Waals surface area contributed by atoms with Crippen molar-refractivity contribution in [2.75, 3.05) is 20.6 Å². The summed E-state index contributed by atoms with van der Waals surface area (Å²) in [6.45, 7) is 4.90. The van der Waals surface area contributed by atoms with Crippen molar-refractivity contribution in [3.05, 3.63) is 70.2 Å². The minimum atomic E-state index is -0.446. The number of fused-ring (bicyclic) bond motifs is 1. The minimum Gasteiger partial charge on any atom is -0.408 e. The van der Waals surface area contributed by atoms with Gasteiger partial charge in [0.25, 0.3) is 0 Å². The second kappa shape index (κ2) is 7.76. The molecule has 0 bridgehead atoms. The molecular formula is C24H29N3O3. The van der Waals surface area contributed by atoms with E-state index in [2.05, 4.69) is 41.2 Å². The van der Waals surface area contributed by atoms with Gasteiger partial charge in [-0.1, -0.05) is 50.2 Å². The molecule has 30 heavy (non-hydrogen) atoms. The Balaban J connectivity index is 1.41. The molecule has 1 aliphatic rings. The second-order valence-electron chi connectivity index (χ2n) is 8.83. The monoisotopic (exact) mass is 407 g/mol. The van der Waals surface area contributed by atoms with Crippen LogP contribution in [0.3, 0.4) is 0 Å². The molecule has 1 aromatic heterocycles. The molecule has 4 atom stereocenters. The molecule has 0 spiro atoms. The van der Waals surface area contributed by atoms with Gasteiger partial charge in [-0.25, -0.2) is 4.79 Å². The number of nitrogens with one attached hydrogen (secondary N) is 2. The van der Waals surface area contributed by atoms with E-state index in [0.717, 1.165) is 12.0 Å². The lowest BCUT2D eigenvalue weighted by Crippen LogP contribution is -2.42. The topological polar surface area (TPSA) is 78.3 Å². The Kier molecular flexibility index (Phi) is 5.28. The average molecular weight is 408 g/mol. The fourth-order valence-corrected chi connectivity index (χ4v) is 4.62. The highest BCUT2D eigenvalue weighted by Crippen LogP contribution is 2.59. The predicted octanol–water partition coefficient (Wildman–Crippen LogP) is 2.93. The Labute approximate surface area is 176 Å². The van der Waals surface area contributed by atoms with Crippen LogP contribution < -0.4 is 11.1 Å². The Morgan fingerprint density at radius 1 is 1.23 bits per heavy atom. The summed E-state index contributed by atoms with van der Waals surface area (Å²) in [4.78, 5) is 29.1. The molecule has 1 fully saturated rings. The summed E-state index contributed by atoms with van der Waals surface area (Å²) in [5, 5.41) is 3.18. The number of nitrogens with zero attached hydrogens (tertiary/aromatic N) is 1. The summed E-state index contributed by atoms with van der Waals surface area (Å²) in [6.07, 6.45) is 0.744. The number of H-pyrrole nitrogens is 1. The highest BCUT2D eigenvalue weighted by atomic mass is 16.4. The van der Waals surface area contributed by atoms with E-state index in [-0.39, 0.29) is 23.3 Å². The van der Waals surface area contributed by atoms with Gasteiger partial charge in [0.15, 0.2) is 5.58 Å². The van der Waals surface area contributed by atoms with E-state index in [9.17, 15) is 9.59 Å². The zero-order valence-corrected chi connectivity index (χ0v) is 17.9. The number of likely N-dealkylation sites (N-methyl/N-ethyl adjacent to an activating group) is 1. The number of benzene rings is 2. The number of aromatic nitrogens is 1. The van der Waals surface area contributed by atoms with E-state index in [4.69, 9.17) is 4.42 Å². The average Bonchev–Trinajstić information content (AvgIpc) is 3.08. The minimum absolute atomic E-state index is 0.00630. The third-order valence-corrected chi connectivity index (χ3v) is 6.86. The summed E-state index contributed by atoms with van der Waals surface area (Å²) in [5.41, 5.74) is 3.44. The number of rotatable bonds is 7. The predicted molar refractivity (Wildman–Crippen MR) is 117 cm³/mol. The van der Waals surface area contributed by atoms with Crippen LogP contribution in [-0.2, 0) is 16.6 Å². The van der Waals surface area contributed by atoms with Gasteiger partial charge in [-0.2, -0.15) is 0 Å². The normalized spacial score (nSPS) is 24.2. The Morgan fingerprint density at radius 3 is 2.67 bits per heavy atom. The SMILES string of the molecule is C[C@H]1C(C(=O)NC[C@H](Cc2ccc3[nH]c(=O)oc3c2)N(C)C)[C@]1(C)c1ccccc1. The van der Waals surface area contributed by atoms with Crippen molar-refractivity contribution in [3.8, 4) is 0 Å². The van der Waals surface area contributed by atoms with Gasteiger partial charge < -0.3 is 14.6 Å².